The average molecular weight is 283 g/mol. The van der Waals surface area contributed by atoms with Crippen molar-refractivity contribution in [2.24, 2.45) is 17.8 Å². The molecule has 0 N–H and O–H groups in total. The third kappa shape index (κ3) is 13.0. The number of hydrogen-bond donors (Lipinski definition) is 0. The molecular formula is C20H42. The summed E-state index contributed by atoms with van der Waals surface area (Å²) in [5.74, 6) is 2.83. The van der Waals surface area contributed by atoms with E-state index in [0.29, 0.717) is 0 Å². The van der Waals surface area contributed by atoms with Crippen LogP contribution in [0.15, 0.2) is 0 Å². The van der Waals surface area contributed by atoms with Gasteiger partial charge in [0.1, 0.15) is 0 Å². The van der Waals surface area contributed by atoms with Crippen LogP contribution in [0.5, 0.6) is 0 Å². The van der Waals surface area contributed by atoms with Crippen molar-refractivity contribution in [3.05, 3.63) is 0 Å². The van der Waals surface area contributed by atoms with Gasteiger partial charge in [-0.1, -0.05) is 105 Å². The van der Waals surface area contributed by atoms with Gasteiger partial charge < -0.3 is 0 Å². The first-order chi connectivity index (χ1) is 9.60. The Morgan fingerprint density at radius 3 is 1.50 bits per heavy atom. The minimum atomic E-state index is 0.940. The van der Waals surface area contributed by atoms with E-state index in [1.807, 2.05) is 0 Å². The molecule has 0 aliphatic rings. The Balaban J connectivity index is 3.27. The van der Waals surface area contributed by atoms with Gasteiger partial charge in [0.15, 0.2) is 0 Å². The number of rotatable bonds is 14. The van der Waals surface area contributed by atoms with Crippen LogP contribution in [0.2, 0.25) is 0 Å². The molecule has 0 aliphatic heterocycles. The summed E-state index contributed by atoms with van der Waals surface area (Å²) in [6, 6.07) is 0. The molecule has 3 unspecified atom stereocenters. The Morgan fingerprint density at radius 1 is 0.550 bits per heavy atom. The van der Waals surface area contributed by atoms with Gasteiger partial charge in [-0.25, -0.2) is 0 Å². The topological polar surface area (TPSA) is 0 Å². The van der Waals surface area contributed by atoms with Gasteiger partial charge in [0, 0.05) is 0 Å². The summed E-state index contributed by atoms with van der Waals surface area (Å²) in [5.41, 5.74) is 0. The monoisotopic (exact) mass is 282 g/mol. The molecule has 0 aromatic heterocycles. The molecule has 0 saturated carbocycles. The molecule has 0 heterocycles. The van der Waals surface area contributed by atoms with E-state index in [1.54, 1.807) is 0 Å². The molecular weight excluding hydrogens is 240 g/mol. The van der Waals surface area contributed by atoms with Gasteiger partial charge in [0.25, 0.3) is 0 Å². The molecule has 0 radical (unpaired) electrons. The highest BCUT2D eigenvalue weighted by atomic mass is 14.1. The van der Waals surface area contributed by atoms with Gasteiger partial charge in [-0.15, -0.1) is 0 Å². The normalized spacial score (nSPS) is 16.1. The molecule has 0 aromatic rings. The second-order valence-corrected chi connectivity index (χ2v) is 7.45. The molecule has 0 rings (SSSR count). The van der Waals surface area contributed by atoms with E-state index in [2.05, 4.69) is 34.6 Å². The fourth-order valence-electron chi connectivity index (χ4n) is 3.31. The van der Waals surface area contributed by atoms with E-state index in [4.69, 9.17) is 0 Å². The Kier molecular flexibility index (Phi) is 14.0. The van der Waals surface area contributed by atoms with Crippen molar-refractivity contribution in [3.63, 3.8) is 0 Å². The van der Waals surface area contributed by atoms with E-state index in [-0.39, 0.29) is 0 Å². The molecule has 0 bridgehead atoms. The molecule has 0 aliphatic carbocycles. The summed E-state index contributed by atoms with van der Waals surface area (Å²) >= 11 is 0. The van der Waals surface area contributed by atoms with Gasteiger partial charge >= 0.3 is 0 Å². The lowest BCUT2D eigenvalue weighted by atomic mass is 9.90. The van der Waals surface area contributed by atoms with Crippen molar-refractivity contribution in [2.45, 2.75) is 112 Å². The molecule has 20 heavy (non-hydrogen) atoms. The van der Waals surface area contributed by atoms with Crippen molar-refractivity contribution in [3.8, 4) is 0 Å². The van der Waals surface area contributed by atoms with Gasteiger partial charge in [-0.05, 0) is 24.2 Å². The summed E-state index contributed by atoms with van der Waals surface area (Å²) < 4.78 is 0. The first-order valence-electron chi connectivity index (χ1n) is 9.60. The zero-order valence-electron chi connectivity index (χ0n) is 15.2. The van der Waals surface area contributed by atoms with Crippen molar-refractivity contribution >= 4 is 0 Å². The standard InChI is InChI=1S/C20H42/c1-6-14-19(4)17-20(5)16-13-11-9-8-10-12-15-18(3)7-2/h18-20H,6-17H2,1-5H3. The molecule has 0 nitrogen and oxygen atoms in total. The van der Waals surface area contributed by atoms with Crippen LogP contribution >= 0.6 is 0 Å². The summed E-state index contributed by atoms with van der Waals surface area (Å²) in [7, 11) is 0. The van der Waals surface area contributed by atoms with Crippen LogP contribution in [-0.2, 0) is 0 Å². The van der Waals surface area contributed by atoms with Gasteiger partial charge in [-0.3, -0.25) is 0 Å². The predicted molar refractivity (Wildman–Crippen MR) is 94.2 cm³/mol. The van der Waals surface area contributed by atoms with E-state index in [1.165, 1.54) is 77.0 Å². The third-order valence-corrected chi connectivity index (χ3v) is 4.93. The Labute approximate surface area is 130 Å². The second kappa shape index (κ2) is 14.0. The predicted octanol–water partition coefficient (Wildman–Crippen LogP) is 7.62. The molecule has 0 fully saturated rings. The van der Waals surface area contributed by atoms with Gasteiger partial charge in [-0.2, -0.15) is 0 Å². The first-order valence-corrected chi connectivity index (χ1v) is 9.60. The Hall–Kier alpha value is 0. The molecule has 0 heteroatoms. The van der Waals surface area contributed by atoms with E-state index in [9.17, 15) is 0 Å². The minimum absolute atomic E-state index is 0.940. The average Bonchev–Trinajstić information content (AvgIpc) is 2.41. The maximum Gasteiger partial charge on any atom is -0.0440 e. The quantitative estimate of drug-likeness (QED) is 0.287. The highest BCUT2D eigenvalue weighted by Crippen LogP contribution is 2.22. The SMILES string of the molecule is CCCC(C)CC(C)CCCCCCCCC(C)CC. The highest BCUT2D eigenvalue weighted by Gasteiger charge is 2.07. The van der Waals surface area contributed by atoms with E-state index < -0.39 is 0 Å². The zero-order valence-corrected chi connectivity index (χ0v) is 15.2. The molecule has 3 atom stereocenters. The van der Waals surface area contributed by atoms with Crippen LogP contribution in [0.1, 0.15) is 112 Å². The highest BCUT2D eigenvalue weighted by molar-refractivity contribution is 4.60. The van der Waals surface area contributed by atoms with Crippen LogP contribution in [0.3, 0.4) is 0 Å². The minimum Gasteiger partial charge on any atom is -0.0654 e. The van der Waals surface area contributed by atoms with Gasteiger partial charge in [0.2, 0.25) is 0 Å². The zero-order chi connectivity index (χ0) is 15.2. The summed E-state index contributed by atoms with van der Waals surface area (Å²) in [6.07, 6.45) is 17.3. The fourth-order valence-corrected chi connectivity index (χ4v) is 3.31. The maximum atomic E-state index is 2.46. The maximum absolute atomic E-state index is 2.46. The smallest absolute Gasteiger partial charge is 0.0440 e. The van der Waals surface area contributed by atoms with Crippen LogP contribution in [0.4, 0.5) is 0 Å². The summed E-state index contributed by atoms with van der Waals surface area (Å²) in [5, 5.41) is 0. The number of hydrogen-bond acceptors (Lipinski definition) is 0. The van der Waals surface area contributed by atoms with E-state index in [0.717, 1.165) is 17.8 Å². The van der Waals surface area contributed by atoms with Crippen molar-refractivity contribution in [1.29, 1.82) is 0 Å². The van der Waals surface area contributed by atoms with Crippen molar-refractivity contribution in [1.82, 2.24) is 0 Å². The molecule has 0 amide bonds. The Bertz CT molecular complexity index is 184. The Morgan fingerprint density at radius 2 is 1.00 bits per heavy atom. The van der Waals surface area contributed by atoms with E-state index >= 15 is 0 Å². The third-order valence-electron chi connectivity index (χ3n) is 4.93. The molecule has 0 saturated heterocycles. The first kappa shape index (κ1) is 20.0. The van der Waals surface area contributed by atoms with Gasteiger partial charge in [0.05, 0.1) is 0 Å². The lowest BCUT2D eigenvalue weighted by molar-refractivity contribution is 0.363. The van der Waals surface area contributed by atoms with Crippen LogP contribution in [0.25, 0.3) is 0 Å². The molecule has 122 valence electrons. The number of unbranched alkanes of at least 4 members (excludes halogenated alkanes) is 5. The lowest BCUT2D eigenvalue weighted by Crippen LogP contribution is -2.03. The fraction of sp³-hybridized carbons (Fsp3) is 1.00. The van der Waals surface area contributed by atoms with Crippen molar-refractivity contribution in [2.75, 3.05) is 0 Å². The van der Waals surface area contributed by atoms with Crippen LogP contribution in [-0.4, -0.2) is 0 Å². The van der Waals surface area contributed by atoms with Crippen LogP contribution in [0, 0.1) is 17.8 Å². The van der Waals surface area contributed by atoms with Crippen LogP contribution < -0.4 is 0 Å². The lowest BCUT2D eigenvalue weighted by Gasteiger charge is -2.16. The summed E-state index contributed by atoms with van der Waals surface area (Å²) in [6.45, 7) is 11.9. The van der Waals surface area contributed by atoms with Crippen molar-refractivity contribution < 1.29 is 0 Å². The largest absolute Gasteiger partial charge is 0.0654 e. The summed E-state index contributed by atoms with van der Waals surface area (Å²) in [4.78, 5) is 0. The second-order valence-electron chi connectivity index (χ2n) is 7.45. The molecule has 0 aromatic carbocycles. The molecule has 0 spiro atoms.